The molecular formula is C25H44F3N13O11. The number of guanidine groups is 2. The number of ketones is 1. The van der Waals surface area contributed by atoms with E-state index in [0.717, 1.165) is 4.90 Å². The van der Waals surface area contributed by atoms with Crippen LogP contribution in [-0.2, 0) is 24.0 Å². The Morgan fingerprint density at radius 3 is 1.83 bits per heavy atom. The number of Topliss-reactive ketones (excluding diaryl/α,β-unsaturated/α-hetero) is 1. The summed E-state index contributed by atoms with van der Waals surface area (Å²) in [6.45, 7) is 0.127. The molecule has 1 aliphatic heterocycles. The van der Waals surface area contributed by atoms with Crippen LogP contribution < -0.4 is 39.8 Å². The number of hydrogen-bond donors (Lipinski definition) is 9. The largest absolute Gasteiger partial charge is 0.490 e. The number of carbonyl (C=O) groups is 5. The number of carbonyl (C=O) groups excluding carboxylic acids is 3. The minimum Gasteiger partial charge on any atom is -0.480 e. The molecule has 2 amide bonds. The van der Waals surface area contributed by atoms with E-state index >= 15 is 0 Å². The lowest BCUT2D eigenvalue weighted by Crippen LogP contribution is -2.58. The summed E-state index contributed by atoms with van der Waals surface area (Å²) in [7, 11) is 0. The highest BCUT2D eigenvalue weighted by Crippen LogP contribution is 2.23. The summed E-state index contributed by atoms with van der Waals surface area (Å²) in [4.78, 5) is 91.5. The van der Waals surface area contributed by atoms with Crippen LogP contribution in [0.4, 0.5) is 13.2 Å². The number of nitrogens with one attached hydrogen (secondary N) is 1. The average molecular weight is 760 g/mol. The van der Waals surface area contributed by atoms with Crippen LogP contribution in [-0.4, -0.2) is 128 Å². The number of hydrazine groups is 2. The molecule has 0 aromatic rings. The molecule has 0 radical (unpaired) electrons. The number of rotatable bonds is 21. The van der Waals surface area contributed by atoms with Crippen LogP contribution in [0.15, 0.2) is 9.98 Å². The van der Waals surface area contributed by atoms with Crippen LogP contribution in [0.3, 0.4) is 0 Å². The van der Waals surface area contributed by atoms with Gasteiger partial charge in [0.05, 0.1) is 12.1 Å². The number of nitrogens with two attached hydrogens (primary N) is 6. The van der Waals surface area contributed by atoms with E-state index < -0.39 is 76.0 Å². The molecule has 0 bridgehead atoms. The number of amides is 2. The maximum Gasteiger partial charge on any atom is 0.490 e. The molecule has 1 aliphatic rings. The molecule has 0 spiro atoms. The van der Waals surface area contributed by atoms with E-state index in [1.54, 1.807) is 0 Å². The highest BCUT2D eigenvalue weighted by atomic mass is 19.4. The van der Waals surface area contributed by atoms with E-state index in [0.29, 0.717) is 6.42 Å². The van der Waals surface area contributed by atoms with Gasteiger partial charge in [-0.05, 0) is 62.8 Å². The maximum absolute atomic E-state index is 13.4. The fourth-order valence-electron chi connectivity index (χ4n) is 4.82. The predicted molar refractivity (Wildman–Crippen MR) is 172 cm³/mol. The van der Waals surface area contributed by atoms with Crippen LogP contribution in [0.5, 0.6) is 0 Å². The third-order valence-corrected chi connectivity index (χ3v) is 7.24. The Bertz CT molecular complexity index is 1330. The molecule has 1 unspecified atom stereocenters. The van der Waals surface area contributed by atoms with E-state index in [1.165, 1.54) is 0 Å². The van der Waals surface area contributed by atoms with E-state index in [1.807, 2.05) is 5.43 Å². The van der Waals surface area contributed by atoms with Gasteiger partial charge in [0.2, 0.25) is 0 Å². The Balaban J connectivity index is 0.00000335. The molecule has 1 heterocycles. The number of hydrogen-bond acceptors (Lipinski definition) is 13. The van der Waals surface area contributed by atoms with Gasteiger partial charge in [0, 0.05) is 19.6 Å². The minimum atomic E-state index is -5.08. The van der Waals surface area contributed by atoms with Gasteiger partial charge >= 0.3 is 24.0 Å². The Morgan fingerprint density at radius 2 is 1.38 bits per heavy atom. The number of nitrogens with zero attached hydrogens (tertiary/aromatic N) is 6. The van der Waals surface area contributed by atoms with Crippen molar-refractivity contribution in [3.63, 3.8) is 0 Å². The standard InChI is InChI=1S/C23H43N13O9.C2HF3O2/c24-13(18(37)15(32-35(42)43)7-2-10-30-22(26)27)5-1-6-14(25)19(38)34(36(44)45)16(8-3-11-31-23(28)29)20(39)33-12-4-9-17(33)21(40)41;3-2(4,5)1(6)7/h13-17,32H,1-12,24-25H2,(H,40,41)(H4,26,27,30)(H4,28,29,31);(H,6,7)/t13?,14-,15-,16-,17-;/m0./s1. The second-order valence-corrected chi connectivity index (χ2v) is 11.1. The molecule has 0 aromatic carbocycles. The molecule has 1 saturated heterocycles. The number of aliphatic carboxylic acids is 2. The molecule has 0 saturated carbocycles. The summed E-state index contributed by atoms with van der Waals surface area (Å²) < 4.78 is 31.7. The zero-order chi connectivity index (χ0) is 40.3. The number of likely N-dealkylation sites (tertiary alicyclic amines) is 1. The van der Waals surface area contributed by atoms with Crippen LogP contribution >= 0.6 is 0 Å². The second-order valence-electron chi connectivity index (χ2n) is 11.1. The Kier molecular flexibility index (Phi) is 19.9. The average Bonchev–Trinajstić information content (AvgIpc) is 3.53. The van der Waals surface area contributed by atoms with Crippen molar-refractivity contribution in [3.05, 3.63) is 20.2 Å². The van der Waals surface area contributed by atoms with Gasteiger partial charge in [-0.25, -0.2) is 29.8 Å². The van der Waals surface area contributed by atoms with Crippen molar-refractivity contribution in [1.82, 2.24) is 15.3 Å². The van der Waals surface area contributed by atoms with Gasteiger partial charge in [-0.3, -0.25) is 24.4 Å². The quantitative estimate of drug-likeness (QED) is 0.0182. The summed E-state index contributed by atoms with van der Waals surface area (Å²) in [5, 5.41) is 37.8. The summed E-state index contributed by atoms with van der Waals surface area (Å²) in [6, 6.07) is -6.88. The van der Waals surface area contributed by atoms with Crippen LogP contribution in [0.1, 0.15) is 57.8 Å². The number of alkyl halides is 3. The van der Waals surface area contributed by atoms with Gasteiger partial charge in [-0.1, -0.05) is 0 Å². The minimum absolute atomic E-state index is 0.00155. The van der Waals surface area contributed by atoms with Crippen LogP contribution in [0, 0.1) is 20.2 Å². The van der Waals surface area contributed by atoms with Crippen molar-refractivity contribution in [2.75, 3.05) is 19.6 Å². The zero-order valence-electron chi connectivity index (χ0n) is 27.7. The maximum atomic E-state index is 13.4. The Morgan fingerprint density at radius 1 is 0.885 bits per heavy atom. The van der Waals surface area contributed by atoms with Crippen LogP contribution in [0.2, 0.25) is 0 Å². The molecule has 296 valence electrons. The van der Waals surface area contributed by atoms with Crippen molar-refractivity contribution >= 4 is 41.5 Å². The lowest BCUT2D eigenvalue weighted by atomic mass is 9.96. The lowest BCUT2D eigenvalue weighted by Gasteiger charge is -2.29. The van der Waals surface area contributed by atoms with E-state index in [-0.39, 0.29) is 87.9 Å². The smallest absolute Gasteiger partial charge is 0.480 e. The topological polar surface area (TPSA) is 411 Å². The van der Waals surface area contributed by atoms with Gasteiger partial charge < -0.3 is 49.5 Å². The summed E-state index contributed by atoms with van der Waals surface area (Å²) in [5.74, 6) is -7.32. The molecule has 52 heavy (non-hydrogen) atoms. The van der Waals surface area contributed by atoms with Crippen molar-refractivity contribution in [1.29, 1.82) is 0 Å². The van der Waals surface area contributed by atoms with Gasteiger partial charge in [0.25, 0.3) is 5.91 Å². The number of carboxylic acid groups (broad SMARTS) is 2. The first kappa shape index (κ1) is 46.4. The first-order valence-electron chi connectivity index (χ1n) is 15.4. The number of aliphatic imine (C=N–C) groups is 2. The Labute approximate surface area is 293 Å². The summed E-state index contributed by atoms with van der Waals surface area (Å²) in [6.07, 6.45) is -4.85. The number of carboxylic acids is 2. The van der Waals surface area contributed by atoms with Gasteiger partial charge in [-0.2, -0.15) is 13.2 Å². The molecule has 5 atom stereocenters. The first-order chi connectivity index (χ1) is 24.0. The monoisotopic (exact) mass is 759 g/mol. The van der Waals surface area contributed by atoms with Crippen molar-refractivity contribution in [2.45, 2.75) is 94.2 Å². The summed E-state index contributed by atoms with van der Waals surface area (Å²) >= 11 is 0. The van der Waals surface area contributed by atoms with Gasteiger partial charge in [0.1, 0.15) is 12.1 Å². The molecule has 15 N–H and O–H groups in total. The zero-order valence-corrected chi connectivity index (χ0v) is 27.7. The molecule has 0 aliphatic carbocycles. The number of nitro groups is 2. The first-order valence-corrected chi connectivity index (χ1v) is 15.4. The molecular weight excluding hydrogens is 715 g/mol. The lowest BCUT2D eigenvalue weighted by molar-refractivity contribution is -0.640. The van der Waals surface area contributed by atoms with Gasteiger partial charge in [-0.15, -0.1) is 5.43 Å². The van der Waals surface area contributed by atoms with Crippen molar-refractivity contribution in [2.24, 2.45) is 44.4 Å². The molecule has 24 nitrogen and oxygen atoms in total. The Hall–Kier alpha value is -5.60. The number of halogens is 3. The fraction of sp³-hybridized carbons (Fsp3) is 0.720. The highest BCUT2D eigenvalue weighted by molar-refractivity contribution is 5.91. The van der Waals surface area contributed by atoms with Crippen molar-refractivity contribution < 1.29 is 57.4 Å². The second kappa shape index (κ2) is 22.3. The highest BCUT2D eigenvalue weighted by Gasteiger charge is 2.46. The molecule has 27 heteroatoms. The van der Waals surface area contributed by atoms with Crippen LogP contribution in [0.25, 0.3) is 0 Å². The SMILES string of the molecule is NC(N)=NCCC[C@H](N[N+](=O)[O-])C(=O)C(N)CCC[C@H](N)C(=O)N([C@@H](CCCN=C(N)N)C(=O)N1CCC[C@H]1C(=O)O)[N+](=O)[O-].O=C(O)C(F)(F)F. The van der Waals surface area contributed by atoms with E-state index in [2.05, 4.69) is 9.98 Å². The third-order valence-electron chi connectivity index (χ3n) is 7.24. The third kappa shape index (κ3) is 16.9. The fourth-order valence-corrected chi connectivity index (χ4v) is 4.82. The van der Waals surface area contributed by atoms with Crippen molar-refractivity contribution in [3.8, 4) is 0 Å². The molecule has 1 rings (SSSR count). The van der Waals surface area contributed by atoms with E-state index in [9.17, 15) is 57.7 Å². The molecule has 1 fully saturated rings. The molecule has 0 aromatic heterocycles. The normalized spacial score (nSPS) is 16.1. The predicted octanol–water partition coefficient (Wildman–Crippen LogP) is -3.26. The van der Waals surface area contributed by atoms with E-state index in [4.69, 9.17) is 44.3 Å². The van der Waals surface area contributed by atoms with Gasteiger partial charge in [0.15, 0.2) is 33.8 Å². The summed E-state index contributed by atoms with van der Waals surface area (Å²) in [5.41, 5.74) is 34.9.